The summed E-state index contributed by atoms with van der Waals surface area (Å²) in [5.41, 5.74) is 3.34. The van der Waals surface area contributed by atoms with E-state index in [9.17, 15) is 9.18 Å². The molecule has 2 atom stereocenters. The summed E-state index contributed by atoms with van der Waals surface area (Å²) in [6.45, 7) is 1.89. The van der Waals surface area contributed by atoms with Gasteiger partial charge in [-0.3, -0.25) is 4.79 Å². The highest BCUT2D eigenvalue weighted by Crippen LogP contribution is 2.43. The third-order valence-electron chi connectivity index (χ3n) is 4.94. The molecule has 0 radical (unpaired) electrons. The van der Waals surface area contributed by atoms with Gasteiger partial charge in [-0.2, -0.15) is 10.1 Å². The van der Waals surface area contributed by atoms with E-state index in [-0.39, 0.29) is 11.8 Å². The molecule has 1 aliphatic carbocycles. The molecule has 146 valence electrons. The molecule has 0 bridgehead atoms. The number of carbonyl (C=O) groups excluding carboxylic acids is 1. The van der Waals surface area contributed by atoms with Crippen molar-refractivity contribution in [1.29, 1.82) is 0 Å². The second kappa shape index (κ2) is 6.77. The van der Waals surface area contributed by atoms with Crippen molar-refractivity contribution in [3.8, 4) is 11.4 Å². The number of alkyl halides is 1. The molecular weight excluding hydrogens is 441 g/mol. The number of pyridine rings is 1. The molecule has 0 saturated heterocycles. The van der Waals surface area contributed by atoms with Crippen molar-refractivity contribution in [2.45, 2.75) is 25.4 Å². The molecule has 0 spiro atoms. The first kappa shape index (κ1) is 18.0. The minimum absolute atomic E-state index is 0.273. The van der Waals surface area contributed by atoms with Gasteiger partial charge in [-0.05, 0) is 37.1 Å². The van der Waals surface area contributed by atoms with Crippen LogP contribution in [0.5, 0.6) is 0 Å². The van der Waals surface area contributed by atoms with Crippen LogP contribution in [0.3, 0.4) is 0 Å². The number of fused-ring (bicyclic) bond motifs is 1. The molecule has 5 rings (SSSR count). The van der Waals surface area contributed by atoms with E-state index in [1.165, 1.54) is 6.20 Å². The quantitative estimate of drug-likeness (QED) is 0.488. The van der Waals surface area contributed by atoms with Crippen LogP contribution in [0.15, 0.2) is 51.7 Å². The Bertz CT molecular complexity index is 1250. The number of nitrogens with one attached hydrogen (secondary N) is 1. The monoisotopic (exact) mass is 455 g/mol. The van der Waals surface area contributed by atoms with Crippen molar-refractivity contribution in [3.05, 3.63) is 64.2 Å². The number of carbonyl (C=O) groups is 1. The molecule has 7 nitrogen and oxygen atoms in total. The first-order chi connectivity index (χ1) is 14.0. The number of aromatic nitrogens is 4. The Morgan fingerprint density at radius 1 is 1.34 bits per heavy atom. The maximum Gasteiger partial charge on any atom is 0.259 e. The van der Waals surface area contributed by atoms with E-state index in [2.05, 4.69) is 36.5 Å². The van der Waals surface area contributed by atoms with Gasteiger partial charge in [0, 0.05) is 21.9 Å². The molecule has 9 heteroatoms. The van der Waals surface area contributed by atoms with Gasteiger partial charge in [0.05, 0.1) is 23.2 Å². The largest absolute Gasteiger partial charge is 0.339 e. The van der Waals surface area contributed by atoms with Crippen LogP contribution in [0, 0.1) is 6.92 Å². The topological polar surface area (TPSA) is 85.3 Å². The zero-order valence-electron chi connectivity index (χ0n) is 15.3. The highest BCUT2D eigenvalue weighted by molar-refractivity contribution is 9.10. The molecule has 4 aromatic rings. The lowest BCUT2D eigenvalue weighted by molar-refractivity contribution is 0.102. The Morgan fingerprint density at radius 3 is 2.97 bits per heavy atom. The predicted octanol–water partition coefficient (Wildman–Crippen LogP) is 4.53. The number of nitrogens with zero attached hydrogens (tertiary/aromatic N) is 4. The summed E-state index contributed by atoms with van der Waals surface area (Å²) in [4.78, 5) is 17.2. The minimum atomic E-state index is -0.901. The van der Waals surface area contributed by atoms with Crippen molar-refractivity contribution in [3.63, 3.8) is 0 Å². The number of aryl methyl sites for hydroxylation is 1. The number of anilines is 1. The van der Waals surface area contributed by atoms with Crippen molar-refractivity contribution in [2.24, 2.45) is 0 Å². The molecule has 1 unspecified atom stereocenters. The molecule has 1 fully saturated rings. The van der Waals surface area contributed by atoms with Crippen LogP contribution in [0.2, 0.25) is 0 Å². The Morgan fingerprint density at radius 2 is 2.17 bits per heavy atom. The first-order valence-electron chi connectivity index (χ1n) is 9.02. The smallest absolute Gasteiger partial charge is 0.259 e. The predicted molar refractivity (Wildman–Crippen MR) is 108 cm³/mol. The molecular formula is C20H15BrFN5O2. The number of rotatable bonds is 4. The average Bonchev–Trinajstić information content (AvgIpc) is 3.10. The molecule has 29 heavy (non-hydrogen) atoms. The fourth-order valence-electron chi connectivity index (χ4n) is 3.14. The Labute approximate surface area is 173 Å². The van der Waals surface area contributed by atoms with Gasteiger partial charge in [0.15, 0.2) is 0 Å². The summed E-state index contributed by atoms with van der Waals surface area (Å²) in [5, 5.41) is 11.1. The molecule has 3 aromatic heterocycles. The van der Waals surface area contributed by atoms with E-state index >= 15 is 0 Å². The number of benzene rings is 1. The summed E-state index contributed by atoms with van der Waals surface area (Å²) >= 11 is 3.42. The maximum absolute atomic E-state index is 13.2. The van der Waals surface area contributed by atoms with Crippen LogP contribution in [0.4, 0.5) is 10.1 Å². The highest BCUT2D eigenvalue weighted by Gasteiger charge is 2.43. The van der Waals surface area contributed by atoms with Gasteiger partial charge in [0.2, 0.25) is 11.7 Å². The molecule has 1 saturated carbocycles. The summed E-state index contributed by atoms with van der Waals surface area (Å²) in [5.74, 6) is 0.117. The van der Waals surface area contributed by atoms with E-state index in [4.69, 9.17) is 4.52 Å². The van der Waals surface area contributed by atoms with E-state index in [1.807, 2.05) is 31.2 Å². The van der Waals surface area contributed by atoms with Crippen LogP contribution in [0.1, 0.15) is 34.2 Å². The molecule has 1 amide bonds. The van der Waals surface area contributed by atoms with Crippen molar-refractivity contribution >= 4 is 33.0 Å². The molecule has 1 aliphatic rings. The third-order valence-corrected chi connectivity index (χ3v) is 5.44. The van der Waals surface area contributed by atoms with Gasteiger partial charge in [0.1, 0.15) is 6.17 Å². The Balaban J connectivity index is 1.43. The number of amides is 1. The van der Waals surface area contributed by atoms with Gasteiger partial charge in [-0.15, -0.1) is 0 Å². The normalized spacial score (nSPS) is 18.2. The second-order valence-corrected chi connectivity index (χ2v) is 7.95. The van der Waals surface area contributed by atoms with E-state index in [0.29, 0.717) is 40.5 Å². The summed E-state index contributed by atoms with van der Waals surface area (Å²) in [6.07, 6.45) is 2.83. The number of hydrogen-bond acceptors (Lipinski definition) is 5. The zero-order valence-corrected chi connectivity index (χ0v) is 16.9. The SMILES string of the molecule is Cc1ccc(-c2noc(C3C[C@@H]3F)n2)cc1NC(=O)c1cnn2ccc(Br)cc12. The lowest BCUT2D eigenvalue weighted by Crippen LogP contribution is -2.12. The Hall–Kier alpha value is -3.07. The summed E-state index contributed by atoms with van der Waals surface area (Å²) < 4.78 is 20.9. The summed E-state index contributed by atoms with van der Waals surface area (Å²) in [7, 11) is 0. The van der Waals surface area contributed by atoms with Crippen molar-refractivity contribution in [2.75, 3.05) is 5.32 Å². The molecule has 0 aliphatic heterocycles. The minimum Gasteiger partial charge on any atom is -0.339 e. The van der Waals surface area contributed by atoms with Gasteiger partial charge in [0.25, 0.3) is 5.91 Å². The van der Waals surface area contributed by atoms with Crippen LogP contribution in [0.25, 0.3) is 16.9 Å². The van der Waals surface area contributed by atoms with Crippen molar-refractivity contribution in [1.82, 2.24) is 19.8 Å². The standard InChI is InChI=1S/C20H15BrFN5O2/c1-10-2-3-11(18-25-20(29-26-18)13-8-15(13)22)6-16(10)24-19(28)14-9-23-27-5-4-12(21)7-17(14)27/h2-7,9,13,15H,8H2,1H3,(H,24,28)/t13?,15-/m0/s1. The van der Waals surface area contributed by atoms with Crippen LogP contribution < -0.4 is 5.32 Å². The zero-order chi connectivity index (χ0) is 20.1. The fourth-order valence-corrected chi connectivity index (χ4v) is 3.47. The molecule has 1 aromatic carbocycles. The lowest BCUT2D eigenvalue weighted by Gasteiger charge is -2.09. The second-order valence-electron chi connectivity index (χ2n) is 7.03. The molecule has 1 N–H and O–H groups in total. The van der Waals surface area contributed by atoms with Gasteiger partial charge in [-0.1, -0.05) is 33.2 Å². The van der Waals surface area contributed by atoms with E-state index < -0.39 is 6.17 Å². The Kier molecular flexibility index (Phi) is 4.20. The fraction of sp³-hybridized carbons (Fsp3) is 0.200. The van der Waals surface area contributed by atoms with Crippen LogP contribution in [-0.4, -0.2) is 31.8 Å². The maximum atomic E-state index is 13.2. The van der Waals surface area contributed by atoms with Crippen LogP contribution >= 0.6 is 15.9 Å². The third kappa shape index (κ3) is 3.31. The van der Waals surface area contributed by atoms with E-state index in [1.54, 1.807) is 16.8 Å². The van der Waals surface area contributed by atoms with Gasteiger partial charge < -0.3 is 9.84 Å². The number of halogens is 2. The van der Waals surface area contributed by atoms with E-state index in [0.717, 1.165) is 10.0 Å². The highest BCUT2D eigenvalue weighted by atomic mass is 79.9. The van der Waals surface area contributed by atoms with Crippen molar-refractivity contribution < 1.29 is 13.7 Å². The first-order valence-corrected chi connectivity index (χ1v) is 9.82. The number of hydrogen-bond donors (Lipinski definition) is 1. The summed E-state index contributed by atoms with van der Waals surface area (Å²) in [6, 6.07) is 9.17. The van der Waals surface area contributed by atoms with Gasteiger partial charge >= 0.3 is 0 Å². The molecule has 3 heterocycles. The lowest BCUT2D eigenvalue weighted by atomic mass is 10.1. The van der Waals surface area contributed by atoms with Gasteiger partial charge in [-0.25, -0.2) is 8.91 Å². The van der Waals surface area contributed by atoms with Crippen LogP contribution in [-0.2, 0) is 0 Å². The average molecular weight is 456 g/mol.